The maximum Gasteiger partial charge on any atom is 0.132 e. The maximum absolute atomic E-state index is 13.2. The molecule has 0 saturated carbocycles. The van der Waals surface area contributed by atoms with Crippen LogP contribution < -0.4 is 0 Å². The number of nitrogens with zero attached hydrogens (tertiary/aromatic N) is 1. The smallest absolute Gasteiger partial charge is 0.132 e. The molecule has 0 aliphatic heterocycles. The van der Waals surface area contributed by atoms with Gasteiger partial charge in [-0.15, -0.1) is 0 Å². The largest absolute Gasteiger partial charge is 0.391 e. The summed E-state index contributed by atoms with van der Waals surface area (Å²) in [5.41, 5.74) is 1.41. The van der Waals surface area contributed by atoms with E-state index in [0.29, 0.717) is 15.5 Å². The number of aromatic amines is 1. The lowest BCUT2D eigenvalue weighted by Crippen LogP contribution is -1.92. The highest BCUT2D eigenvalue weighted by molar-refractivity contribution is 9.10. The lowest BCUT2D eigenvalue weighted by molar-refractivity contribution is 0.277. The minimum atomic E-state index is -0.439. The van der Waals surface area contributed by atoms with E-state index in [1.54, 1.807) is 0 Å². The summed E-state index contributed by atoms with van der Waals surface area (Å²) in [5.74, 6) is -0.439. The maximum atomic E-state index is 13.2. The molecule has 0 amide bonds. The molecule has 0 fully saturated rings. The van der Waals surface area contributed by atoms with E-state index in [4.69, 9.17) is 5.11 Å². The Morgan fingerprint density at radius 1 is 1.62 bits per heavy atom. The summed E-state index contributed by atoms with van der Waals surface area (Å²) in [6.45, 7) is -0.336. The fourth-order valence-electron chi connectivity index (χ4n) is 1.25. The molecule has 2 rings (SSSR count). The monoisotopic (exact) mass is 244 g/mol. The minimum absolute atomic E-state index is 0.246. The van der Waals surface area contributed by atoms with E-state index in [1.807, 2.05) is 0 Å². The predicted molar refractivity (Wildman–Crippen MR) is 49.7 cm³/mol. The van der Waals surface area contributed by atoms with Gasteiger partial charge in [-0.3, -0.25) is 0 Å². The number of hydrogen-bond acceptors (Lipinski definition) is 2. The molecule has 1 aromatic carbocycles. The molecule has 0 atom stereocenters. The van der Waals surface area contributed by atoms with Gasteiger partial charge in [0.2, 0.25) is 0 Å². The van der Waals surface area contributed by atoms with Crippen molar-refractivity contribution in [2.24, 2.45) is 0 Å². The molecular formula is C8H6BrFN2O. The van der Waals surface area contributed by atoms with Gasteiger partial charge in [-0.1, -0.05) is 0 Å². The van der Waals surface area contributed by atoms with E-state index in [1.165, 1.54) is 12.4 Å². The zero-order valence-corrected chi connectivity index (χ0v) is 8.10. The lowest BCUT2D eigenvalue weighted by atomic mass is 10.2. The average molecular weight is 245 g/mol. The predicted octanol–water partition coefficient (Wildman–Crippen LogP) is 1.96. The van der Waals surface area contributed by atoms with Gasteiger partial charge in [-0.2, -0.15) is 0 Å². The van der Waals surface area contributed by atoms with Gasteiger partial charge in [0.15, 0.2) is 0 Å². The molecule has 1 aromatic heterocycles. The molecule has 0 unspecified atom stereocenters. The molecule has 1 heterocycles. The number of fused-ring (bicyclic) bond motifs is 1. The summed E-state index contributed by atoms with van der Waals surface area (Å²) in [6, 6.07) is 1.30. The third kappa shape index (κ3) is 1.24. The Morgan fingerprint density at radius 2 is 2.38 bits per heavy atom. The first-order valence-corrected chi connectivity index (χ1v) is 4.44. The highest BCUT2D eigenvalue weighted by Crippen LogP contribution is 2.26. The van der Waals surface area contributed by atoms with Crippen LogP contribution in [-0.4, -0.2) is 15.1 Å². The number of aliphatic hydroxyl groups excluding tert-OH is 1. The molecular weight excluding hydrogens is 239 g/mol. The second-order valence-corrected chi connectivity index (χ2v) is 3.46. The van der Waals surface area contributed by atoms with Gasteiger partial charge in [0, 0.05) is 10.0 Å². The fraction of sp³-hybridized carbons (Fsp3) is 0.125. The molecule has 68 valence electrons. The van der Waals surface area contributed by atoms with E-state index in [2.05, 4.69) is 25.9 Å². The van der Waals surface area contributed by atoms with Crippen molar-refractivity contribution in [3.8, 4) is 0 Å². The van der Waals surface area contributed by atoms with Gasteiger partial charge >= 0.3 is 0 Å². The zero-order chi connectivity index (χ0) is 9.42. The minimum Gasteiger partial charge on any atom is -0.391 e. The van der Waals surface area contributed by atoms with Crippen LogP contribution in [0.1, 0.15) is 5.56 Å². The molecule has 5 heteroatoms. The second-order valence-electron chi connectivity index (χ2n) is 2.60. The number of halogens is 2. The number of nitrogens with one attached hydrogen (secondary N) is 1. The van der Waals surface area contributed by atoms with Gasteiger partial charge in [0.1, 0.15) is 11.3 Å². The van der Waals surface area contributed by atoms with Gasteiger partial charge in [0.25, 0.3) is 0 Å². The van der Waals surface area contributed by atoms with Crippen molar-refractivity contribution in [3.63, 3.8) is 0 Å². The number of aromatic nitrogens is 2. The summed E-state index contributed by atoms with van der Waals surface area (Å²) in [7, 11) is 0. The Bertz CT molecular complexity index is 455. The van der Waals surface area contributed by atoms with Crippen molar-refractivity contribution in [1.29, 1.82) is 0 Å². The van der Waals surface area contributed by atoms with E-state index < -0.39 is 5.82 Å². The SMILES string of the molecule is OCc1c(F)cc(Br)c2nc[nH]c12. The van der Waals surface area contributed by atoms with E-state index in [9.17, 15) is 4.39 Å². The summed E-state index contributed by atoms with van der Waals surface area (Å²) in [6.07, 6.45) is 1.47. The van der Waals surface area contributed by atoms with E-state index >= 15 is 0 Å². The summed E-state index contributed by atoms with van der Waals surface area (Å²) >= 11 is 3.19. The number of aliphatic hydroxyl groups is 1. The summed E-state index contributed by atoms with van der Waals surface area (Å²) in [5, 5.41) is 8.92. The Balaban J connectivity index is 2.88. The van der Waals surface area contributed by atoms with Gasteiger partial charge in [0.05, 0.1) is 18.5 Å². The quantitative estimate of drug-likeness (QED) is 0.806. The third-order valence-corrected chi connectivity index (χ3v) is 2.47. The molecule has 0 bridgehead atoms. The lowest BCUT2D eigenvalue weighted by Gasteiger charge is -2.01. The highest BCUT2D eigenvalue weighted by atomic mass is 79.9. The van der Waals surface area contributed by atoms with Crippen LogP contribution >= 0.6 is 15.9 Å². The third-order valence-electron chi connectivity index (χ3n) is 1.87. The number of rotatable bonds is 1. The van der Waals surface area contributed by atoms with Crippen LogP contribution in [0.5, 0.6) is 0 Å². The molecule has 13 heavy (non-hydrogen) atoms. The van der Waals surface area contributed by atoms with Crippen LogP contribution in [0.15, 0.2) is 16.9 Å². The average Bonchev–Trinajstić information content (AvgIpc) is 2.53. The molecule has 0 aliphatic carbocycles. The van der Waals surface area contributed by atoms with E-state index in [-0.39, 0.29) is 12.2 Å². The first-order chi connectivity index (χ1) is 6.24. The zero-order valence-electron chi connectivity index (χ0n) is 6.51. The van der Waals surface area contributed by atoms with Crippen LogP contribution in [0.4, 0.5) is 4.39 Å². The van der Waals surface area contributed by atoms with Crippen molar-refractivity contribution >= 4 is 27.0 Å². The summed E-state index contributed by atoms with van der Waals surface area (Å²) in [4.78, 5) is 6.77. The Morgan fingerprint density at radius 3 is 3.08 bits per heavy atom. The van der Waals surface area contributed by atoms with Gasteiger partial charge in [-0.05, 0) is 22.0 Å². The number of benzene rings is 1. The van der Waals surface area contributed by atoms with Gasteiger partial charge < -0.3 is 10.1 Å². The topological polar surface area (TPSA) is 48.9 Å². The molecule has 0 aliphatic rings. The van der Waals surface area contributed by atoms with Crippen LogP contribution in [0, 0.1) is 5.82 Å². The molecule has 2 aromatic rings. The van der Waals surface area contributed by atoms with Crippen molar-refractivity contribution < 1.29 is 9.50 Å². The standard InChI is InChI=1S/C8H6BrFN2O/c9-5-1-6(10)4(2-13)7-8(5)12-3-11-7/h1,3,13H,2H2,(H,11,12). The normalized spacial score (nSPS) is 11.0. The molecule has 0 saturated heterocycles. The van der Waals surface area contributed by atoms with Crippen molar-refractivity contribution in [2.45, 2.75) is 6.61 Å². The Labute approximate surface area is 81.7 Å². The van der Waals surface area contributed by atoms with Crippen molar-refractivity contribution in [1.82, 2.24) is 9.97 Å². The molecule has 2 N–H and O–H groups in total. The Kier molecular flexibility index (Phi) is 2.05. The first-order valence-electron chi connectivity index (χ1n) is 3.65. The number of hydrogen-bond donors (Lipinski definition) is 2. The number of H-pyrrole nitrogens is 1. The second kappa shape index (κ2) is 3.08. The van der Waals surface area contributed by atoms with E-state index in [0.717, 1.165) is 0 Å². The van der Waals surface area contributed by atoms with Crippen molar-refractivity contribution in [2.75, 3.05) is 0 Å². The Hall–Kier alpha value is -0.940. The van der Waals surface area contributed by atoms with Crippen LogP contribution in [-0.2, 0) is 6.61 Å². The fourth-order valence-corrected chi connectivity index (χ4v) is 1.75. The van der Waals surface area contributed by atoms with Crippen LogP contribution in [0.3, 0.4) is 0 Å². The van der Waals surface area contributed by atoms with Crippen LogP contribution in [0.25, 0.3) is 11.0 Å². The molecule has 3 nitrogen and oxygen atoms in total. The summed E-state index contributed by atoms with van der Waals surface area (Å²) < 4.78 is 13.8. The van der Waals surface area contributed by atoms with Crippen molar-refractivity contribution in [3.05, 3.63) is 28.2 Å². The molecule has 0 radical (unpaired) electrons. The van der Waals surface area contributed by atoms with Crippen LogP contribution in [0.2, 0.25) is 0 Å². The first kappa shape index (κ1) is 8.65. The molecule has 0 spiro atoms. The number of imidazole rings is 1. The highest BCUT2D eigenvalue weighted by Gasteiger charge is 2.11. The van der Waals surface area contributed by atoms with Gasteiger partial charge in [-0.25, -0.2) is 9.37 Å².